The molecular formula is C21H27NO5. The lowest BCUT2D eigenvalue weighted by molar-refractivity contribution is -0.904. The molecule has 0 aliphatic heterocycles. The van der Waals surface area contributed by atoms with Gasteiger partial charge in [-0.3, -0.25) is 10.0 Å². The first kappa shape index (κ1) is 20.6. The molecule has 6 nitrogen and oxygen atoms in total. The maximum atomic E-state index is 12.4. The third-order valence-electron chi connectivity index (χ3n) is 4.07. The maximum Gasteiger partial charge on any atom is 0.263 e. The Labute approximate surface area is 159 Å². The number of ether oxygens (including phenoxy) is 2. The van der Waals surface area contributed by atoms with Gasteiger partial charge in [0.25, 0.3) is 6.20 Å². The van der Waals surface area contributed by atoms with E-state index in [-0.39, 0.29) is 23.0 Å². The molecule has 2 aromatic rings. The zero-order valence-electron chi connectivity index (χ0n) is 16.1. The fourth-order valence-electron chi connectivity index (χ4n) is 2.63. The lowest BCUT2D eigenvalue weighted by atomic mass is 9.98. The number of Topliss-reactive ketones (excluding diaryl/α,β-unsaturated/α-hetero) is 1. The van der Waals surface area contributed by atoms with Crippen LogP contribution in [0.25, 0.3) is 0 Å². The van der Waals surface area contributed by atoms with Crippen molar-refractivity contribution in [1.29, 1.82) is 0 Å². The number of carbonyl (C=O) groups excluding carboxylic acids is 1. The highest BCUT2D eigenvalue weighted by Crippen LogP contribution is 2.29. The first-order valence-electron chi connectivity index (χ1n) is 9.18. The van der Waals surface area contributed by atoms with Gasteiger partial charge in [0.2, 0.25) is 6.20 Å². The Bertz CT molecular complexity index is 773. The smallest absolute Gasteiger partial charge is 0.263 e. The molecule has 0 amide bonds. The van der Waals surface area contributed by atoms with Crippen molar-refractivity contribution in [3.63, 3.8) is 0 Å². The fraction of sp³-hybridized carbons (Fsp3) is 0.429. The van der Waals surface area contributed by atoms with Gasteiger partial charge in [0, 0.05) is 22.8 Å². The average molecular weight is 373 g/mol. The molecule has 0 unspecified atom stereocenters. The van der Waals surface area contributed by atoms with Crippen LogP contribution < -0.4 is 19.3 Å². The Hall–Kier alpha value is -2.76. The summed E-state index contributed by atoms with van der Waals surface area (Å²) >= 11 is 0. The fourth-order valence-corrected chi connectivity index (χ4v) is 2.63. The number of hydrogen-bond donors (Lipinski definition) is 1. The van der Waals surface area contributed by atoms with Crippen molar-refractivity contribution in [2.24, 2.45) is 5.92 Å². The molecule has 0 spiro atoms. The predicted octanol–water partition coefficient (Wildman–Crippen LogP) is 3.06. The van der Waals surface area contributed by atoms with Crippen LogP contribution >= 0.6 is 0 Å². The molecule has 1 aromatic heterocycles. The van der Waals surface area contributed by atoms with Crippen LogP contribution in [-0.2, 0) is 0 Å². The van der Waals surface area contributed by atoms with Crippen LogP contribution in [0.2, 0.25) is 0 Å². The van der Waals surface area contributed by atoms with E-state index in [4.69, 9.17) is 9.47 Å². The van der Waals surface area contributed by atoms with Crippen molar-refractivity contribution in [3.8, 4) is 17.2 Å². The summed E-state index contributed by atoms with van der Waals surface area (Å²) in [5, 5.41) is 21.7. The van der Waals surface area contributed by atoms with Crippen LogP contribution in [0.1, 0.15) is 49.0 Å². The quantitative estimate of drug-likeness (QED) is 0.300. The van der Waals surface area contributed by atoms with E-state index < -0.39 is 0 Å². The summed E-state index contributed by atoms with van der Waals surface area (Å²) < 4.78 is 12.2. The van der Waals surface area contributed by atoms with Crippen molar-refractivity contribution in [1.82, 2.24) is 0 Å². The summed E-state index contributed by atoms with van der Waals surface area (Å²) in [7, 11) is 0. The van der Waals surface area contributed by atoms with E-state index in [0.717, 1.165) is 17.6 Å². The topological polar surface area (TPSA) is 82.7 Å². The molecule has 0 aliphatic carbocycles. The largest absolute Gasteiger partial charge is 0.872 e. The third kappa shape index (κ3) is 6.16. The van der Waals surface area contributed by atoms with Gasteiger partial charge in [0.1, 0.15) is 5.75 Å². The van der Waals surface area contributed by atoms with Crippen LogP contribution in [0.4, 0.5) is 0 Å². The van der Waals surface area contributed by atoms with Crippen LogP contribution in [-0.4, -0.2) is 24.2 Å². The van der Waals surface area contributed by atoms with Crippen molar-refractivity contribution in [2.45, 2.75) is 40.0 Å². The molecule has 0 saturated heterocycles. The Balaban J connectivity index is 1.79. The number of carbonyl (C=O) groups is 1. The standard InChI is InChI=1S/C21H27NO5/c1-15(2)13-19(23)18-8-9-20(16(3)21(18)24)27-12-5-4-11-26-17-7-6-10-22(25)14-17/h6-10,14-15H,4-5,11-13H2,1-3H3,(H-,23,24,25). The second-order valence-electron chi connectivity index (χ2n) is 6.91. The predicted molar refractivity (Wildman–Crippen MR) is 98.5 cm³/mol. The molecule has 0 atom stereocenters. The Morgan fingerprint density at radius 3 is 2.56 bits per heavy atom. The van der Waals surface area contributed by atoms with E-state index >= 15 is 0 Å². The molecule has 0 aliphatic rings. The molecule has 146 valence electrons. The summed E-state index contributed by atoms with van der Waals surface area (Å²) in [5.41, 5.74) is 0.712. The molecule has 0 saturated carbocycles. The lowest BCUT2D eigenvalue weighted by Gasteiger charge is -2.20. The van der Waals surface area contributed by atoms with Gasteiger partial charge in [0.15, 0.2) is 11.5 Å². The zero-order chi connectivity index (χ0) is 19.8. The van der Waals surface area contributed by atoms with Gasteiger partial charge in [-0.2, -0.15) is 0 Å². The molecule has 0 bridgehead atoms. The summed E-state index contributed by atoms with van der Waals surface area (Å²) in [6.45, 7) is 6.55. The van der Waals surface area contributed by atoms with E-state index in [0.29, 0.717) is 36.7 Å². The first-order valence-corrected chi connectivity index (χ1v) is 9.18. The normalized spacial score (nSPS) is 10.8. The van der Waals surface area contributed by atoms with Gasteiger partial charge in [-0.05, 0) is 49.4 Å². The number of unbranched alkanes of at least 4 members (excludes halogenated alkanes) is 1. The number of rotatable bonds is 10. The van der Waals surface area contributed by atoms with Crippen LogP contribution in [0.5, 0.6) is 17.2 Å². The molecule has 6 heteroatoms. The van der Waals surface area contributed by atoms with E-state index in [1.165, 1.54) is 12.4 Å². The van der Waals surface area contributed by atoms with Gasteiger partial charge in [0.05, 0.1) is 13.2 Å². The van der Waals surface area contributed by atoms with Gasteiger partial charge < -0.3 is 14.6 Å². The Morgan fingerprint density at radius 1 is 1.19 bits per heavy atom. The molecule has 0 radical (unpaired) electrons. The second-order valence-corrected chi connectivity index (χ2v) is 6.91. The number of ketones is 1. The molecule has 0 fully saturated rings. The number of benzene rings is 1. The number of nitrogens with zero attached hydrogens (tertiary/aromatic N) is 1. The van der Waals surface area contributed by atoms with E-state index in [2.05, 4.69) is 0 Å². The zero-order valence-corrected chi connectivity index (χ0v) is 16.1. The molecular weight excluding hydrogens is 346 g/mol. The van der Waals surface area contributed by atoms with E-state index in [1.54, 1.807) is 31.2 Å². The molecule has 1 aromatic carbocycles. The highest BCUT2D eigenvalue weighted by Gasteiger charge is 2.12. The van der Waals surface area contributed by atoms with E-state index in [1.807, 2.05) is 13.8 Å². The van der Waals surface area contributed by atoms with Crippen molar-refractivity contribution >= 4 is 5.78 Å². The Kier molecular flexibility index (Phi) is 7.46. The summed E-state index contributed by atoms with van der Waals surface area (Å²) in [6, 6.07) is 6.73. The van der Waals surface area contributed by atoms with Gasteiger partial charge in [-0.15, -0.1) is 0 Å². The Morgan fingerprint density at radius 2 is 1.89 bits per heavy atom. The maximum absolute atomic E-state index is 12.4. The van der Waals surface area contributed by atoms with Gasteiger partial charge in [-0.25, -0.2) is 0 Å². The van der Waals surface area contributed by atoms with E-state index in [9.17, 15) is 15.1 Å². The summed E-state index contributed by atoms with van der Waals surface area (Å²) in [5.74, 6) is 0.962. The second kappa shape index (κ2) is 9.80. The molecule has 2 rings (SSSR count). The number of hydrogen-bond acceptors (Lipinski definition) is 5. The number of aromatic nitrogens is 1. The lowest BCUT2D eigenvalue weighted by Crippen LogP contribution is -2.28. The van der Waals surface area contributed by atoms with Gasteiger partial charge in [-0.1, -0.05) is 19.6 Å². The highest BCUT2D eigenvalue weighted by atomic mass is 16.5. The first-order chi connectivity index (χ1) is 12.9. The van der Waals surface area contributed by atoms with Crippen LogP contribution in [0.15, 0.2) is 36.7 Å². The highest BCUT2D eigenvalue weighted by molar-refractivity contribution is 5.99. The van der Waals surface area contributed by atoms with Crippen molar-refractivity contribution in [2.75, 3.05) is 13.2 Å². The molecule has 1 heterocycles. The minimum atomic E-state index is -0.247. The average Bonchev–Trinajstić information content (AvgIpc) is 2.60. The molecule has 27 heavy (non-hydrogen) atoms. The van der Waals surface area contributed by atoms with Gasteiger partial charge >= 0.3 is 0 Å². The van der Waals surface area contributed by atoms with Crippen LogP contribution in [0, 0.1) is 12.8 Å². The summed E-state index contributed by atoms with van der Waals surface area (Å²) in [4.78, 5) is 12.1. The number of pyridine rings is 1. The van der Waals surface area contributed by atoms with Crippen LogP contribution in [0.3, 0.4) is 0 Å². The molecule has 1 N–H and O–H groups in total. The minimum absolute atomic E-state index is 0.119. The van der Waals surface area contributed by atoms with Crippen molar-refractivity contribution in [3.05, 3.63) is 47.8 Å². The minimum Gasteiger partial charge on any atom is -0.872 e. The summed E-state index contributed by atoms with van der Waals surface area (Å²) in [6.07, 6.45) is 4.89. The monoisotopic (exact) mass is 373 g/mol. The van der Waals surface area contributed by atoms with Crippen molar-refractivity contribution < 1.29 is 29.3 Å². The third-order valence-corrected chi connectivity index (χ3v) is 4.07. The SMILES string of the molecule is Cc1c(OCCCCOc2ccc[n+](O)c2)ccc(C(=O)CC(C)C)c1[O-].